The third kappa shape index (κ3) is 6.88. The van der Waals surface area contributed by atoms with Gasteiger partial charge in [0.25, 0.3) is 0 Å². The van der Waals surface area contributed by atoms with Crippen LogP contribution in [0.3, 0.4) is 0 Å². The largest absolute Gasteiger partial charge is 0.332 e. The van der Waals surface area contributed by atoms with Gasteiger partial charge in [-0.15, -0.1) is 6.58 Å². The molecule has 0 N–H and O–H groups in total. The third-order valence-corrected chi connectivity index (χ3v) is 11.8. The van der Waals surface area contributed by atoms with Crippen LogP contribution in [0, 0.1) is 6.92 Å². The average Bonchev–Trinajstić information content (AvgIpc) is 3.61. The molecule has 0 saturated carbocycles. The zero-order valence-corrected chi connectivity index (χ0v) is 35.3. The summed E-state index contributed by atoms with van der Waals surface area (Å²) in [5, 5.41) is 2.43. The molecule has 0 fully saturated rings. The minimum absolute atomic E-state index is 0.00593. The van der Waals surface area contributed by atoms with Gasteiger partial charge in [0.2, 0.25) is 0 Å². The second-order valence-corrected chi connectivity index (χ2v) is 17.2. The lowest BCUT2D eigenvalue weighted by Gasteiger charge is -2.41. The van der Waals surface area contributed by atoms with E-state index in [1.807, 2.05) is 12.1 Å². The molecule has 7 aromatic carbocycles. The molecule has 0 aliphatic carbocycles. The highest BCUT2D eigenvalue weighted by molar-refractivity contribution is 6.10. The first-order valence-corrected chi connectivity index (χ1v) is 20.8. The fraction of sp³-hybridized carbons (Fsp3) is 0.143. The number of rotatable bonds is 9. The van der Waals surface area contributed by atoms with E-state index in [0.29, 0.717) is 5.82 Å². The summed E-state index contributed by atoms with van der Waals surface area (Å²) in [4.78, 5) is 13.3. The zero-order valence-electron chi connectivity index (χ0n) is 35.3. The fourth-order valence-corrected chi connectivity index (χ4v) is 8.55. The molecule has 4 heteroatoms. The summed E-state index contributed by atoms with van der Waals surface area (Å²) in [6.45, 7) is 17.9. The lowest BCUT2D eigenvalue weighted by atomic mass is 9.85. The standard InChI is InChI=1S/C56H50N4/c1-8-56(6,7)60(48-35-34-41(36-38(48)2)55(3,4)5)52-33-21-29-45(54-57-46(39-22-11-9-12-23-39)37-47(58-54)40-24-13-10-14-25-40)53(52)44-28-17-20-32-51(44)59-49-30-18-15-26-42(49)43-27-16-19-31-50(43)59/h8-37H,1H2,2-7H3. The predicted octanol–water partition coefficient (Wildman–Crippen LogP) is 15.0. The lowest BCUT2D eigenvalue weighted by Crippen LogP contribution is -2.39. The molecule has 9 aromatic rings. The molecular formula is C56H50N4. The van der Waals surface area contributed by atoms with Crippen LogP contribution in [0.2, 0.25) is 0 Å². The number of aryl methyl sites for hydroxylation is 1. The van der Waals surface area contributed by atoms with Crippen molar-refractivity contribution in [2.45, 2.75) is 52.5 Å². The average molecular weight is 779 g/mol. The molecule has 0 amide bonds. The quantitative estimate of drug-likeness (QED) is 0.137. The fourth-order valence-electron chi connectivity index (χ4n) is 8.55. The number of aromatic nitrogens is 3. The third-order valence-electron chi connectivity index (χ3n) is 11.8. The maximum absolute atomic E-state index is 5.43. The van der Waals surface area contributed by atoms with Crippen LogP contribution in [0.15, 0.2) is 189 Å². The van der Waals surface area contributed by atoms with Gasteiger partial charge in [0.1, 0.15) is 0 Å². The van der Waals surface area contributed by atoms with E-state index in [-0.39, 0.29) is 5.41 Å². The maximum Gasteiger partial charge on any atom is 0.161 e. The Morgan fingerprint density at radius 1 is 0.533 bits per heavy atom. The van der Waals surface area contributed by atoms with Crippen molar-refractivity contribution in [2.24, 2.45) is 0 Å². The van der Waals surface area contributed by atoms with Gasteiger partial charge >= 0.3 is 0 Å². The predicted molar refractivity (Wildman–Crippen MR) is 254 cm³/mol. The molecular weight excluding hydrogens is 729 g/mol. The van der Waals surface area contributed by atoms with E-state index in [0.717, 1.165) is 67.3 Å². The molecule has 0 aliphatic rings. The summed E-state index contributed by atoms with van der Waals surface area (Å²) in [5.74, 6) is 0.653. The van der Waals surface area contributed by atoms with Crippen LogP contribution >= 0.6 is 0 Å². The maximum atomic E-state index is 5.43. The summed E-state index contributed by atoms with van der Waals surface area (Å²) in [6, 6.07) is 62.7. The molecule has 0 bridgehead atoms. The molecule has 0 saturated heterocycles. The molecule has 9 rings (SSSR count). The summed E-state index contributed by atoms with van der Waals surface area (Å²) < 4.78 is 2.42. The monoisotopic (exact) mass is 778 g/mol. The van der Waals surface area contributed by atoms with Gasteiger partial charge in [0.05, 0.1) is 39.3 Å². The molecule has 2 aromatic heterocycles. The Morgan fingerprint density at radius 3 is 1.63 bits per heavy atom. The molecule has 294 valence electrons. The molecule has 0 aliphatic heterocycles. The number of fused-ring (bicyclic) bond motifs is 3. The Hall–Kier alpha value is -7.04. The van der Waals surface area contributed by atoms with Gasteiger partial charge in [-0.25, -0.2) is 9.97 Å². The molecule has 0 unspecified atom stereocenters. The van der Waals surface area contributed by atoms with Crippen molar-refractivity contribution in [3.05, 3.63) is 200 Å². The van der Waals surface area contributed by atoms with E-state index in [1.54, 1.807) is 0 Å². The van der Waals surface area contributed by atoms with Gasteiger partial charge in [-0.1, -0.05) is 166 Å². The van der Waals surface area contributed by atoms with Crippen LogP contribution in [0.1, 0.15) is 45.7 Å². The Labute approximate surface area is 354 Å². The number of hydrogen-bond acceptors (Lipinski definition) is 3. The van der Waals surface area contributed by atoms with Crippen LogP contribution in [0.4, 0.5) is 11.4 Å². The molecule has 2 heterocycles. The van der Waals surface area contributed by atoms with Crippen molar-refractivity contribution >= 4 is 33.2 Å². The van der Waals surface area contributed by atoms with Crippen LogP contribution in [-0.4, -0.2) is 20.1 Å². The van der Waals surface area contributed by atoms with Crippen LogP contribution in [0.25, 0.3) is 72.5 Å². The van der Waals surface area contributed by atoms with Gasteiger partial charge < -0.3 is 9.47 Å². The minimum atomic E-state index is -0.509. The molecule has 60 heavy (non-hydrogen) atoms. The summed E-state index contributed by atoms with van der Waals surface area (Å²) in [6.07, 6.45) is 2.06. The van der Waals surface area contributed by atoms with Crippen molar-refractivity contribution in [1.82, 2.24) is 14.5 Å². The van der Waals surface area contributed by atoms with Crippen LogP contribution in [-0.2, 0) is 5.41 Å². The van der Waals surface area contributed by atoms with E-state index in [9.17, 15) is 0 Å². The normalized spacial score (nSPS) is 11.9. The van der Waals surface area contributed by atoms with Crippen molar-refractivity contribution < 1.29 is 0 Å². The summed E-state index contributed by atoms with van der Waals surface area (Å²) >= 11 is 0. The number of anilines is 2. The minimum Gasteiger partial charge on any atom is -0.332 e. The van der Waals surface area contributed by atoms with Gasteiger partial charge in [-0.2, -0.15) is 0 Å². The second kappa shape index (κ2) is 15.3. The second-order valence-electron chi connectivity index (χ2n) is 17.2. The topological polar surface area (TPSA) is 34.0 Å². The van der Waals surface area contributed by atoms with Crippen molar-refractivity contribution in [1.29, 1.82) is 0 Å². The van der Waals surface area contributed by atoms with Gasteiger partial charge in [-0.3, -0.25) is 0 Å². The summed E-state index contributed by atoms with van der Waals surface area (Å²) in [7, 11) is 0. The Bertz CT molecular complexity index is 2910. The van der Waals surface area contributed by atoms with Crippen LogP contribution in [0.5, 0.6) is 0 Å². The van der Waals surface area contributed by atoms with E-state index in [2.05, 4.69) is 227 Å². The smallest absolute Gasteiger partial charge is 0.161 e. The van der Waals surface area contributed by atoms with Gasteiger partial charge in [0, 0.05) is 44.3 Å². The number of nitrogens with zero attached hydrogens (tertiary/aromatic N) is 4. The SMILES string of the molecule is C=CC(C)(C)N(c1ccc(C(C)(C)C)cc1C)c1cccc(-c2nc(-c3ccccc3)cc(-c3ccccc3)n2)c1-c1ccccc1-n1c2ccccc2c2ccccc21. The highest BCUT2D eigenvalue weighted by Crippen LogP contribution is 2.48. The van der Waals surface area contributed by atoms with Gasteiger partial charge in [-0.05, 0) is 73.7 Å². The van der Waals surface area contributed by atoms with E-state index >= 15 is 0 Å². The first-order valence-electron chi connectivity index (χ1n) is 20.8. The number of hydrogen-bond donors (Lipinski definition) is 0. The Balaban J connectivity index is 1.41. The number of benzene rings is 7. The van der Waals surface area contributed by atoms with Gasteiger partial charge in [0.15, 0.2) is 5.82 Å². The van der Waals surface area contributed by atoms with E-state index in [4.69, 9.17) is 9.97 Å². The first kappa shape index (κ1) is 38.5. The number of para-hydroxylation sites is 3. The van der Waals surface area contributed by atoms with Crippen molar-refractivity contribution in [3.8, 4) is 50.7 Å². The van der Waals surface area contributed by atoms with Crippen molar-refractivity contribution in [3.63, 3.8) is 0 Å². The van der Waals surface area contributed by atoms with Crippen molar-refractivity contribution in [2.75, 3.05) is 4.90 Å². The lowest BCUT2D eigenvalue weighted by molar-refractivity contribution is 0.588. The highest BCUT2D eigenvalue weighted by Gasteiger charge is 2.32. The molecule has 0 spiro atoms. The zero-order chi connectivity index (χ0) is 41.6. The molecule has 0 atom stereocenters. The van der Waals surface area contributed by atoms with Crippen LogP contribution < -0.4 is 4.90 Å². The molecule has 0 radical (unpaired) electrons. The van der Waals surface area contributed by atoms with E-state index < -0.39 is 5.54 Å². The summed E-state index contributed by atoms with van der Waals surface area (Å²) in [5.41, 5.74) is 14.3. The highest BCUT2D eigenvalue weighted by atomic mass is 15.2. The Morgan fingerprint density at radius 2 is 1.07 bits per heavy atom. The van der Waals surface area contributed by atoms with E-state index in [1.165, 1.54) is 21.9 Å². The Kier molecular flexibility index (Phi) is 9.80. The molecule has 4 nitrogen and oxygen atoms in total. The first-order chi connectivity index (χ1) is 29.0.